The van der Waals surface area contributed by atoms with E-state index in [0.29, 0.717) is 16.4 Å². The summed E-state index contributed by atoms with van der Waals surface area (Å²) in [5.74, 6) is 0.480. The summed E-state index contributed by atoms with van der Waals surface area (Å²) in [4.78, 5) is 14.8. The molecule has 3 aromatic rings. The summed E-state index contributed by atoms with van der Waals surface area (Å²) >= 11 is 7.09. The molecule has 0 aliphatic carbocycles. The molecular formula is C14H8ClN3O2S. The zero-order valence-electron chi connectivity index (χ0n) is 10.6. The summed E-state index contributed by atoms with van der Waals surface area (Å²) in [5, 5.41) is 12.2. The Kier molecular flexibility index (Phi) is 3.64. The van der Waals surface area contributed by atoms with Crippen molar-refractivity contribution in [3.8, 4) is 22.0 Å². The van der Waals surface area contributed by atoms with Gasteiger partial charge in [0.2, 0.25) is 0 Å². The average molecular weight is 318 g/mol. The monoisotopic (exact) mass is 317 g/mol. The summed E-state index contributed by atoms with van der Waals surface area (Å²) in [6, 6.07) is 13.6. The van der Waals surface area contributed by atoms with E-state index < -0.39 is 4.92 Å². The van der Waals surface area contributed by atoms with Crippen molar-refractivity contribution in [3.63, 3.8) is 0 Å². The number of nitrogens with zero attached hydrogens (tertiary/aromatic N) is 3. The Morgan fingerprint density at radius 1 is 1.10 bits per heavy atom. The lowest BCUT2D eigenvalue weighted by Gasteiger charge is -1.96. The Morgan fingerprint density at radius 2 is 1.86 bits per heavy atom. The van der Waals surface area contributed by atoms with E-state index in [1.807, 2.05) is 12.1 Å². The van der Waals surface area contributed by atoms with Crippen LogP contribution in [0.3, 0.4) is 0 Å². The standard InChI is InChI=1S/C14H8ClN3O2S/c15-11-6-4-9(5-7-11)14-16-13(17-21-14)10-2-1-3-12(8-10)18(19)20/h1-8H. The number of nitro groups is 1. The lowest BCUT2D eigenvalue weighted by atomic mass is 10.2. The molecule has 3 rings (SSSR count). The van der Waals surface area contributed by atoms with Gasteiger partial charge in [-0.25, -0.2) is 4.98 Å². The van der Waals surface area contributed by atoms with Crippen LogP contribution in [0.5, 0.6) is 0 Å². The lowest BCUT2D eigenvalue weighted by molar-refractivity contribution is -0.384. The predicted octanol–water partition coefficient (Wildman–Crippen LogP) is 4.43. The Bertz CT molecular complexity index is 802. The van der Waals surface area contributed by atoms with Gasteiger partial charge in [-0.2, -0.15) is 4.37 Å². The van der Waals surface area contributed by atoms with Crippen LogP contribution in [0, 0.1) is 10.1 Å². The minimum absolute atomic E-state index is 0.0235. The fraction of sp³-hybridized carbons (Fsp3) is 0. The van der Waals surface area contributed by atoms with Crippen LogP contribution in [0.25, 0.3) is 22.0 Å². The first-order valence-corrected chi connectivity index (χ1v) is 7.13. The fourth-order valence-corrected chi connectivity index (χ4v) is 2.62. The van der Waals surface area contributed by atoms with Crippen molar-refractivity contribution in [2.75, 3.05) is 0 Å². The zero-order chi connectivity index (χ0) is 14.8. The molecule has 0 N–H and O–H groups in total. The van der Waals surface area contributed by atoms with Gasteiger partial charge < -0.3 is 0 Å². The minimum Gasteiger partial charge on any atom is -0.258 e. The third-order valence-electron chi connectivity index (χ3n) is 2.83. The number of halogens is 1. The van der Waals surface area contributed by atoms with E-state index in [4.69, 9.17) is 11.6 Å². The summed E-state index contributed by atoms with van der Waals surface area (Å²) in [5.41, 5.74) is 1.56. The second-order valence-corrected chi connectivity index (χ2v) is 5.43. The van der Waals surface area contributed by atoms with Gasteiger partial charge >= 0.3 is 0 Å². The average Bonchev–Trinajstić information content (AvgIpc) is 2.98. The van der Waals surface area contributed by atoms with Crippen LogP contribution in [0.15, 0.2) is 48.5 Å². The van der Waals surface area contributed by atoms with E-state index in [9.17, 15) is 10.1 Å². The van der Waals surface area contributed by atoms with Crippen molar-refractivity contribution in [3.05, 3.63) is 63.7 Å². The second kappa shape index (κ2) is 5.59. The van der Waals surface area contributed by atoms with Gasteiger partial charge in [-0.05, 0) is 23.7 Å². The molecule has 0 saturated carbocycles. The van der Waals surface area contributed by atoms with Crippen LogP contribution in [-0.4, -0.2) is 14.3 Å². The third kappa shape index (κ3) is 2.91. The van der Waals surface area contributed by atoms with Gasteiger partial charge in [0.15, 0.2) is 5.82 Å². The fourth-order valence-electron chi connectivity index (χ4n) is 1.81. The van der Waals surface area contributed by atoms with Gasteiger partial charge in [0.1, 0.15) is 5.01 Å². The van der Waals surface area contributed by atoms with Crippen LogP contribution in [0.1, 0.15) is 0 Å². The largest absolute Gasteiger partial charge is 0.270 e. The maximum Gasteiger partial charge on any atom is 0.270 e. The number of non-ortho nitro benzene ring substituents is 1. The van der Waals surface area contributed by atoms with Crippen LogP contribution in [-0.2, 0) is 0 Å². The molecule has 0 bridgehead atoms. The van der Waals surface area contributed by atoms with Gasteiger partial charge in [0.05, 0.1) is 4.92 Å². The van der Waals surface area contributed by atoms with Gasteiger partial charge in [0.25, 0.3) is 5.69 Å². The van der Waals surface area contributed by atoms with Crippen molar-refractivity contribution in [1.29, 1.82) is 0 Å². The van der Waals surface area contributed by atoms with Gasteiger partial charge in [0, 0.05) is 28.3 Å². The van der Waals surface area contributed by atoms with E-state index >= 15 is 0 Å². The first kappa shape index (κ1) is 13.7. The number of hydrogen-bond acceptors (Lipinski definition) is 5. The Labute approximate surface area is 129 Å². The van der Waals surface area contributed by atoms with Crippen LogP contribution >= 0.6 is 23.1 Å². The molecule has 0 aliphatic rings. The number of benzene rings is 2. The van der Waals surface area contributed by atoms with Crippen molar-refractivity contribution in [2.45, 2.75) is 0 Å². The Balaban J connectivity index is 1.96. The van der Waals surface area contributed by atoms with Crippen molar-refractivity contribution in [2.24, 2.45) is 0 Å². The molecule has 1 heterocycles. The van der Waals surface area contributed by atoms with E-state index in [-0.39, 0.29) is 5.69 Å². The molecule has 0 spiro atoms. The summed E-state index contributed by atoms with van der Waals surface area (Å²) in [7, 11) is 0. The number of nitro benzene ring substituents is 1. The lowest BCUT2D eigenvalue weighted by Crippen LogP contribution is -1.88. The van der Waals surface area contributed by atoms with E-state index in [2.05, 4.69) is 9.36 Å². The summed E-state index contributed by atoms with van der Waals surface area (Å²) < 4.78 is 4.26. The number of rotatable bonds is 3. The van der Waals surface area contributed by atoms with Crippen LogP contribution < -0.4 is 0 Å². The molecule has 104 valence electrons. The highest BCUT2D eigenvalue weighted by molar-refractivity contribution is 7.09. The minimum atomic E-state index is -0.435. The molecule has 0 saturated heterocycles. The summed E-state index contributed by atoms with van der Waals surface area (Å²) in [6.45, 7) is 0. The molecule has 0 aliphatic heterocycles. The first-order chi connectivity index (χ1) is 10.1. The molecule has 1 aromatic heterocycles. The summed E-state index contributed by atoms with van der Waals surface area (Å²) in [6.07, 6.45) is 0. The maximum atomic E-state index is 10.8. The smallest absolute Gasteiger partial charge is 0.258 e. The molecule has 7 heteroatoms. The van der Waals surface area contributed by atoms with Gasteiger partial charge in [-0.3, -0.25) is 10.1 Å². The predicted molar refractivity (Wildman–Crippen MR) is 82.4 cm³/mol. The Morgan fingerprint density at radius 3 is 2.57 bits per heavy atom. The molecule has 5 nitrogen and oxygen atoms in total. The quantitative estimate of drug-likeness (QED) is 0.529. The van der Waals surface area contributed by atoms with Gasteiger partial charge in [-0.1, -0.05) is 35.9 Å². The Hall–Kier alpha value is -2.31. The van der Waals surface area contributed by atoms with Crippen molar-refractivity contribution >= 4 is 28.8 Å². The van der Waals surface area contributed by atoms with Gasteiger partial charge in [-0.15, -0.1) is 0 Å². The molecule has 0 unspecified atom stereocenters. The highest BCUT2D eigenvalue weighted by atomic mass is 35.5. The molecule has 0 amide bonds. The maximum absolute atomic E-state index is 10.8. The number of hydrogen-bond donors (Lipinski definition) is 0. The van der Waals surface area contributed by atoms with Crippen molar-refractivity contribution in [1.82, 2.24) is 9.36 Å². The number of aromatic nitrogens is 2. The van der Waals surface area contributed by atoms with Crippen molar-refractivity contribution < 1.29 is 4.92 Å². The first-order valence-electron chi connectivity index (χ1n) is 5.98. The topological polar surface area (TPSA) is 68.9 Å². The third-order valence-corrected chi connectivity index (χ3v) is 3.85. The molecule has 21 heavy (non-hydrogen) atoms. The highest BCUT2D eigenvalue weighted by Crippen LogP contribution is 2.28. The van der Waals surface area contributed by atoms with E-state index in [1.54, 1.807) is 24.3 Å². The second-order valence-electron chi connectivity index (χ2n) is 4.24. The zero-order valence-corrected chi connectivity index (χ0v) is 12.1. The molecule has 0 radical (unpaired) electrons. The SMILES string of the molecule is O=[N+]([O-])c1cccc(-c2nsc(-c3ccc(Cl)cc3)n2)c1. The van der Waals surface area contributed by atoms with Crippen LogP contribution in [0.2, 0.25) is 5.02 Å². The molecule has 2 aromatic carbocycles. The van der Waals surface area contributed by atoms with E-state index in [0.717, 1.165) is 10.6 Å². The van der Waals surface area contributed by atoms with E-state index in [1.165, 1.54) is 23.7 Å². The molecular weight excluding hydrogens is 310 g/mol. The van der Waals surface area contributed by atoms with Crippen LogP contribution in [0.4, 0.5) is 5.69 Å². The highest BCUT2D eigenvalue weighted by Gasteiger charge is 2.12. The molecule has 0 fully saturated rings. The molecule has 0 atom stereocenters. The normalized spacial score (nSPS) is 10.5.